The number of halogens is 1. The van der Waals surface area contributed by atoms with Crippen LogP contribution in [0.2, 0.25) is 0 Å². The average molecular weight is 838 g/mol. The Bertz CT molecular complexity index is 1890. The van der Waals surface area contributed by atoms with Gasteiger partial charge in [0.05, 0.1) is 20.8 Å². The molecule has 288 valence electrons. The molecule has 0 unspecified atom stereocenters. The van der Waals surface area contributed by atoms with Crippen molar-refractivity contribution in [3.8, 4) is 22.3 Å². The maximum absolute atomic E-state index is 13.1. The monoisotopic (exact) mass is 836 g/mol. The highest BCUT2D eigenvalue weighted by Crippen LogP contribution is 2.32. The van der Waals surface area contributed by atoms with Gasteiger partial charge in [0, 0.05) is 16.5 Å². The summed E-state index contributed by atoms with van der Waals surface area (Å²) >= 11 is 6.75. The van der Waals surface area contributed by atoms with Crippen molar-refractivity contribution in [3.63, 3.8) is 0 Å². The summed E-state index contributed by atoms with van der Waals surface area (Å²) in [5, 5.41) is 15.8. The molecular weight excluding hydrogens is 789 g/mol. The van der Waals surface area contributed by atoms with Crippen LogP contribution >= 0.6 is 39.5 Å². The number of carbonyl (C=O) groups excluding carboxylic acids is 4. The highest BCUT2D eigenvalue weighted by molar-refractivity contribution is 9.08. The quantitative estimate of drug-likeness (QED) is 0.0766. The van der Waals surface area contributed by atoms with Crippen LogP contribution in [0.3, 0.4) is 0 Å². The van der Waals surface area contributed by atoms with E-state index >= 15 is 0 Å². The third-order valence-electron chi connectivity index (χ3n) is 8.70. The van der Waals surface area contributed by atoms with Gasteiger partial charge in [0.25, 0.3) is 11.8 Å². The molecule has 0 aliphatic carbocycles. The maximum Gasteiger partial charge on any atom is 0.328 e. The van der Waals surface area contributed by atoms with Crippen LogP contribution in [0, 0.1) is 13.8 Å². The number of aliphatic hydroxyl groups is 1. The van der Waals surface area contributed by atoms with Gasteiger partial charge in [0.15, 0.2) is 0 Å². The van der Waals surface area contributed by atoms with E-state index in [1.165, 1.54) is 14.2 Å². The van der Waals surface area contributed by atoms with Crippen LogP contribution in [0.5, 0.6) is 0 Å². The summed E-state index contributed by atoms with van der Waals surface area (Å²) in [6.45, 7) is 3.88. The minimum atomic E-state index is -0.697. The van der Waals surface area contributed by atoms with Crippen molar-refractivity contribution in [3.05, 3.63) is 118 Å². The second-order valence-electron chi connectivity index (χ2n) is 12.3. The highest BCUT2D eigenvalue weighted by Gasteiger charge is 2.25. The Morgan fingerprint density at radius 1 is 0.685 bits per heavy atom. The fourth-order valence-corrected chi connectivity index (χ4v) is 7.19. The van der Waals surface area contributed by atoms with E-state index in [1.54, 1.807) is 41.7 Å². The second-order valence-corrected chi connectivity index (χ2v) is 14.8. The van der Waals surface area contributed by atoms with Gasteiger partial charge in [-0.2, -0.15) is 23.5 Å². The number of carbonyl (C=O) groups is 4. The molecule has 0 spiro atoms. The van der Waals surface area contributed by atoms with Gasteiger partial charge in [-0.1, -0.05) is 82.7 Å². The molecule has 0 aromatic heterocycles. The molecule has 0 aliphatic heterocycles. The summed E-state index contributed by atoms with van der Waals surface area (Å²) in [4.78, 5) is 50.1. The summed E-state index contributed by atoms with van der Waals surface area (Å²) in [5.41, 5.74) is 8.41. The van der Waals surface area contributed by atoms with Gasteiger partial charge in [-0.15, -0.1) is 0 Å². The fourth-order valence-electron chi connectivity index (χ4n) is 5.78. The lowest BCUT2D eigenvalue weighted by Crippen LogP contribution is -2.42. The van der Waals surface area contributed by atoms with E-state index in [2.05, 4.69) is 26.6 Å². The number of alkyl halides is 1. The van der Waals surface area contributed by atoms with Crippen LogP contribution in [-0.2, 0) is 31.0 Å². The number of thioether (sulfide) groups is 2. The minimum absolute atomic E-state index is 0.112. The molecule has 3 N–H and O–H groups in total. The van der Waals surface area contributed by atoms with Crippen LogP contribution in [0.1, 0.15) is 55.8 Å². The Morgan fingerprint density at radius 3 is 1.69 bits per heavy atom. The Morgan fingerprint density at radius 2 is 1.20 bits per heavy atom. The molecule has 4 rings (SSSR count). The number of aryl methyl sites for hydroxylation is 2. The van der Waals surface area contributed by atoms with Crippen molar-refractivity contribution in [1.29, 1.82) is 0 Å². The Balaban J connectivity index is 0.000000290. The lowest BCUT2D eigenvalue weighted by Gasteiger charge is -2.19. The van der Waals surface area contributed by atoms with Crippen molar-refractivity contribution >= 4 is 63.2 Å². The van der Waals surface area contributed by atoms with Crippen LogP contribution in [-0.4, -0.2) is 79.2 Å². The SMILES string of the molecule is COC(=O)[C@H](CCSC)NC(=O)c1ccc(CO)cc1-c1ccccc1C.COC(=O)[C@H](CCSC)NC(=O)c1cccc(CBr)c1-c1ccccc1C. The van der Waals surface area contributed by atoms with Gasteiger partial charge < -0.3 is 25.2 Å². The number of benzene rings is 4. The first-order valence-corrected chi connectivity index (χ1v) is 21.2. The Labute approximate surface area is 335 Å². The number of esters is 2. The zero-order chi connectivity index (χ0) is 39.6. The number of hydrogen-bond donors (Lipinski definition) is 3. The lowest BCUT2D eigenvalue weighted by molar-refractivity contribution is -0.143. The summed E-state index contributed by atoms with van der Waals surface area (Å²) in [7, 11) is 2.65. The highest BCUT2D eigenvalue weighted by atomic mass is 79.9. The molecule has 9 nitrogen and oxygen atoms in total. The van der Waals surface area contributed by atoms with Crippen molar-refractivity contribution in [1.82, 2.24) is 10.6 Å². The maximum atomic E-state index is 13.1. The van der Waals surface area contributed by atoms with Crippen LogP contribution in [0.25, 0.3) is 22.3 Å². The third kappa shape index (κ3) is 12.2. The number of rotatable bonds is 16. The van der Waals surface area contributed by atoms with Gasteiger partial charge in [0.2, 0.25) is 0 Å². The standard InChI is InChI=1S/C21H24BrNO3S.C21H25NO4S/c1-14-7-4-5-9-16(14)19-15(13-22)8-6-10-17(19)20(24)23-18(11-12-27-3)21(25)26-2;1-14-6-4-5-7-16(14)18-12-15(13-23)8-9-17(18)20(24)22-19(10-11-27-3)21(25)26-2/h4-10,18H,11-13H2,1-3H3,(H,23,24);4-9,12,19,23H,10-11,13H2,1-3H3,(H,22,24)/t18-;19-/m00/s1. The zero-order valence-electron chi connectivity index (χ0n) is 31.6. The van der Waals surface area contributed by atoms with E-state index in [0.717, 1.165) is 56.0 Å². The summed E-state index contributed by atoms with van der Waals surface area (Å²) < 4.78 is 9.68. The van der Waals surface area contributed by atoms with Crippen molar-refractivity contribution in [2.24, 2.45) is 0 Å². The molecule has 0 bridgehead atoms. The van der Waals surface area contributed by atoms with Crippen molar-refractivity contribution in [2.75, 3.05) is 38.2 Å². The molecule has 2 amide bonds. The minimum Gasteiger partial charge on any atom is -0.467 e. The summed E-state index contributed by atoms with van der Waals surface area (Å²) in [6, 6.07) is 25.2. The molecule has 4 aromatic carbocycles. The largest absolute Gasteiger partial charge is 0.467 e. The first-order valence-electron chi connectivity index (χ1n) is 17.3. The van der Waals surface area contributed by atoms with Crippen LogP contribution in [0.4, 0.5) is 0 Å². The van der Waals surface area contributed by atoms with E-state index in [1.807, 2.05) is 93.1 Å². The molecule has 0 saturated heterocycles. The molecule has 0 aliphatic rings. The predicted octanol–water partition coefficient (Wildman–Crippen LogP) is 7.76. The van der Waals surface area contributed by atoms with Crippen LogP contribution in [0.15, 0.2) is 84.9 Å². The topological polar surface area (TPSA) is 131 Å². The van der Waals surface area contributed by atoms with E-state index < -0.39 is 24.0 Å². The number of ether oxygens (including phenoxy) is 2. The van der Waals surface area contributed by atoms with Gasteiger partial charge >= 0.3 is 11.9 Å². The molecule has 0 saturated carbocycles. The van der Waals surface area contributed by atoms with Gasteiger partial charge in [-0.25, -0.2) is 9.59 Å². The number of hydrogen-bond acceptors (Lipinski definition) is 9. The number of aliphatic hydroxyl groups excluding tert-OH is 1. The first kappa shape index (κ1) is 44.3. The smallest absolute Gasteiger partial charge is 0.328 e. The molecule has 2 atom stereocenters. The van der Waals surface area contributed by atoms with E-state index in [-0.39, 0.29) is 18.4 Å². The first-order chi connectivity index (χ1) is 26.0. The predicted molar refractivity (Wildman–Crippen MR) is 224 cm³/mol. The molecule has 54 heavy (non-hydrogen) atoms. The molecular formula is C42H49BrN2O7S2. The van der Waals surface area contributed by atoms with Crippen LogP contribution < -0.4 is 10.6 Å². The molecule has 0 radical (unpaired) electrons. The normalized spacial score (nSPS) is 11.7. The van der Waals surface area contributed by atoms with Gasteiger partial charge in [0.1, 0.15) is 12.1 Å². The molecule has 0 heterocycles. The summed E-state index contributed by atoms with van der Waals surface area (Å²) in [6.07, 6.45) is 4.93. The van der Waals surface area contributed by atoms with E-state index in [0.29, 0.717) is 29.3 Å². The average Bonchev–Trinajstić information content (AvgIpc) is 3.20. The number of amides is 2. The van der Waals surface area contributed by atoms with Gasteiger partial charge in [-0.3, -0.25) is 9.59 Å². The van der Waals surface area contributed by atoms with E-state index in [4.69, 9.17) is 9.47 Å². The Kier molecular flexibility index (Phi) is 18.8. The number of nitrogens with one attached hydrogen (secondary N) is 2. The Hall–Kier alpha value is -4.10. The molecule has 0 fully saturated rings. The lowest BCUT2D eigenvalue weighted by atomic mass is 9.91. The van der Waals surface area contributed by atoms with Gasteiger partial charge in [-0.05, 0) is 113 Å². The molecule has 12 heteroatoms. The van der Waals surface area contributed by atoms with Crippen molar-refractivity contribution in [2.45, 2.75) is 50.7 Å². The summed E-state index contributed by atoms with van der Waals surface area (Å²) in [5.74, 6) is -0.00425. The van der Waals surface area contributed by atoms with E-state index in [9.17, 15) is 24.3 Å². The number of methoxy groups -OCH3 is 2. The zero-order valence-corrected chi connectivity index (χ0v) is 34.8. The van der Waals surface area contributed by atoms with Crippen molar-refractivity contribution < 1.29 is 33.8 Å². The fraction of sp³-hybridized carbons (Fsp3) is 0.333. The third-order valence-corrected chi connectivity index (χ3v) is 10.6. The second kappa shape index (κ2) is 23.0. The molecule has 4 aromatic rings.